The van der Waals surface area contributed by atoms with Gasteiger partial charge in [-0.15, -0.1) is 6.58 Å². The third-order valence-corrected chi connectivity index (χ3v) is 2.10. The Kier molecular flexibility index (Phi) is 3.46. The van der Waals surface area contributed by atoms with Crippen molar-refractivity contribution in [3.8, 4) is 0 Å². The van der Waals surface area contributed by atoms with Gasteiger partial charge in [-0.25, -0.2) is 4.39 Å². The molecule has 1 N–H and O–H groups in total. The lowest BCUT2D eigenvalue weighted by atomic mass is 10.1. The van der Waals surface area contributed by atoms with Crippen molar-refractivity contribution in [2.24, 2.45) is 0 Å². The molecule has 0 aliphatic carbocycles. The Morgan fingerprint density at radius 3 is 2.85 bits per heavy atom. The summed E-state index contributed by atoms with van der Waals surface area (Å²) in [5, 5.41) is 9.55. The highest BCUT2D eigenvalue weighted by Gasteiger charge is 2.09. The fourth-order valence-corrected chi connectivity index (χ4v) is 1.26. The van der Waals surface area contributed by atoms with Crippen molar-refractivity contribution < 1.29 is 9.50 Å². The molecule has 1 rings (SSSR count). The van der Waals surface area contributed by atoms with Gasteiger partial charge >= 0.3 is 0 Å². The second-order valence-electron chi connectivity index (χ2n) is 2.71. The summed E-state index contributed by atoms with van der Waals surface area (Å²) in [6.07, 6.45) is 0.756. The van der Waals surface area contributed by atoms with Crippen molar-refractivity contribution in [1.29, 1.82) is 0 Å². The van der Waals surface area contributed by atoms with E-state index in [0.717, 1.165) is 0 Å². The van der Waals surface area contributed by atoms with E-state index in [1.165, 1.54) is 18.2 Å². The quantitative estimate of drug-likeness (QED) is 0.744. The van der Waals surface area contributed by atoms with Gasteiger partial charge in [-0.2, -0.15) is 0 Å². The molecule has 0 amide bonds. The molecule has 0 radical (unpaired) electrons. The largest absolute Gasteiger partial charge is 0.389 e. The summed E-state index contributed by atoms with van der Waals surface area (Å²) >= 11 is 5.75. The smallest absolute Gasteiger partial charge is 0.127 e. The average molecular weight is 201 g/mol. The minimum Gasteiger partial charge on any atom is -0.389 e. The molecule has 3 heteroatoms. The highest BCUT2D eigenvalue weighted by atomic mass is 35.5. The van der Waals surface area contributed by atoms with Gasteiger partial charge in [-0.05, 0) is 12.1 Å². The Balaban J connectivity index is 2.93. The van der Waals surface area contributed by atoms with E-state index in [1.54, 1.807) is 6.07 Å². The second-order valence-corrected chi connectivity index (χ2v) is 3.11. The van der Waals surface area contributed by atoms with Crippen LogP contribution in [-0.2, 0) is 6.42 Å². The zero-order chi connectivity index (χ0) is 9.84. The molecule has 0 fully saturated rings. The Bertz CT molecular complexity index is 292. The molecule has 1 nitrogen and oxygen atoms in total. The predicted octanol–water partition coefficient (Wildman–Crippen LogP) is 2.57. The average Bonchev–Trinajstić information content (AvgIpc) is 2.11. The molecule has 13 heavy (non-hydrogen) atoms. The standard InChI is InChI=1S/C10H10ClFO/c1-2-7(13)6-8-9(11)4-3-5-10(8)12/h2-5,7,13H,1,6H2. The molecule has 0 spiro atoms. The van der Waals surface area contributed by atoms with Crippen LogP contribution in [0.1, 0.15) is 5.56 Å². The van der Waals surface area contributed by atoms with Crippen LogP contribution in [0.15, 0.2) is 30.9 Å². The van der Waals surface area contributed by atoms with Gasteiger partial charge in [-0.1, -0.05) is 23.7 Å². The lowest BCUT2D eigenvalue weighted by Crippen LogP contribution is -2.08. The molecule has 0 aliphatic rings. The lowest BCUT2D eigenvalue weighted by molar-refractivity contribution is 0.223. The van der Waals surface area contributed by atoms with Crippen LogP contribution in [0.25, 0.3) is 0 Å². The molecule has 1 aromatic rings. The van der Waals surface area contributed by atoms with Crippen molar-refractivity contribution in [2.75, 3.05) is 0 Å². The SMILES string of the molecule is C=CC(O)Cc1c(F)cccc1Cl. The normalized spacial score (nSPS) is 12.5. The van der Waals surface area contributed by atoms with Crippen molar-refractivity contribution in [2.45, 2.75) is 12.5 Å². The Hall–Kier alpha value is -0.860. The van der Waals surface area contributed by atoms with E-state index in [-0.39, 0.29) is 6.42 Å². The number of hydrogen-bond acceptors (Lipinski definition) is 1. The molecule has 0 bridgehead atoms. The molecule has 0 aromatic heterocycles. The molecule has 0 heterocycles. The first kappa shape index (κ1) is 10.2. The van der Waals surface area contributed by atoms with Crippen LogP contribution in [0.5, 0.6) is 0 Å². The zero-order valence-corrected chi connectivity index (χ0v) is 7.76. The van der Waals surface area contributed by atoms with Crippen LogP contribution in [0.2, 0.25) is 5.02 Å². The van der Waals surface area contributed by atoms with Crippen LogP contribution in [0.4, 0.5) is 4.39 Å². The van der Waals surface area contributed by atoms with Crippen LogP contribution in [0.3, 0.4) is 0 Å². The summed E-state index contributed by atoms with van der Waals surface area (Å²) in [5.74, 6) is -0.395. The van der Waals surface area contributed by atoms with E-state index in [4.69, 9.17) is 11.6 Å². The fourth-order valence-electron chi connectivity index (χ4n) is 1.02. The highest BCUT2D eigenvalue weighted by Crippen LogP contribution is 2.20. The first-order chi connectivity index (χ1) is 6.15. The summed E-state index contributed by atoms with van der Waals surface area (Å²) in [6, 6.07) is 4.44. The second kappa shape index (κ2) is 4.40. The Morgan fingerprint density at radius 2 is 2.31 bits per heavy atom. The van der Waals surface area contributed by atoms with Gasteiger partial charge < -0.3 is 5.11 Å². The number of aliphatic hydroxyl groups excluding tert-OH is 1. The Morgan fingerprint density at radius 1 is 1.62 bits per heavy atom. The van der Waals surface area contributed by atoms with E-state index in [9.17, 15) is 9.50 Å². The third kappa shape index (κ3) is 2.54. The van der Waals surface area contributed by atoms with Crippen molar-refractivity contribution in [3.05, 3.63) is 47.3 Å². The number of halogens is 2. The van der Waals surface area contributed by atoms with E-state index < -0.39 is 11.9 Å². The van der Waals surface area contributed by atoms with E-state index in [2.05, 4.69) is 6.58 Å². The number of rotatable bonds is 3. The van der Waals surface area contributed by atoms with Gasteiger partial charge in [0, 0.05) is 17.0 Å². The summed E-state index contributed by atoms with van der Waals surface area (Å²) in [6.45, 7) is 3.40. The fraction of sp³-hybridized carbons (Fsp3) is 0.200. The number of hydrogen-bond donors (Lipinski definition) is 1. The minimum atomic E-state index is -0.755. The minimum absolute atomic E-state index is 0.162. The topological polar surface area (TPSA) is 20.2 Å². The maximum Gasteiger partial charge on any atom is 0.127 e. The first-order valence-corrected chi connectivity index (χ1v) is 4.26. The van der Waals surface area contributed by atoms with E-state index >= 15 is 0 Å². The monoisotopic (exact) mass is 200 g/mol. The predicted molar refractivity (Wildman–Crippen MR) is 51.3 cm³/mol. The van der Waals surface area contributed by atoms with Crippen molar-refractivity contribution in [3.63, 3.8) is 0 Å². The first-order valence-electron chi connectivity index (χ1n) is 3.88. The molecule has 1 atom stereocenters. The van der Waals surface area contributed by atoms with Gasteiger partial charge in [0.1, 0.15) is 5.82 Å². The summed E-state index contributed by atoms with van der Waals surface area (Å²) in [7, 11) is 0. The van der Waals surface area contributed by atoms with Gasteiger partial charge in [0.25, 0.3) is 0 Å². The third-order valence-electron chi connectivity index (χ3n) is 1.75. The van der Waals surface area contributed by atoms with Gasteiger partial charge in [0.05, 0.1) is 6.10 Å². The molecular formula is C10H10ClFO. The van der Waals surface area contributed by atoms with Crippen LogP contribution >= 0.6 is 11.6 Å². The molecule has 0 saturated heterocycles. The van der Waals surface area contributed by atoms with Crippen LogP contribution in [-0.4, -0.2) is 11.2 Å². The molecular weight excluding hydrogens is 191 g/mol. The molecule has 70 valence electrons. The van der Waals surface area contributed by atoms with Crippen molar-refractivity contribution in [1.82, 2.24) is 0 Å². The summed E-state index contributed by atoms with van der Waals surface area (Å²) < 4.78 is 13.1. The molecule has 0 aliphatic heterocycles. The maximum atomic E-state index is 13.1. The number of benzene rings is 1. The van der Waals surface area contributed by atoms with Crippen LogP contribution in [0, 0.1) is 5.82 Å². The summed E-state index contributed by atoms with van der Waals surface area (Å²) in [4.78, 5) is 0. The zero-order valence-electron chi connectivity index (χ0n) is 7.00. The lowest BCUT2D eigenvalue weighted by Gasteiger charge is -2.07. The molecule has 1 aromatic carbocycles. The van der Waals surface area contributed by atoms with Gasteiger partial charge in [-0.3, -0.25) is 0 Å². The Labute approximate surface area is 81.5 Å². The molecule has 0 saturated carbocycles. The van der Waals surface area contributed by atoms with E-state index in [0.29, 0.717) is 10.6 Å². The maximum absolute atomic E-state index is 13.1. The summed E-state index contributed by atoms with van der Waals surface area (Å²) in [5.41, 5.74) is 0.330. The van der Waals surface area contributed by atoms with Gasteiger partial charge in [0.2, 0.25) is 0 Å². The van der Waals surface area contributed by atoms with E-state index in [1.807, 2.05) is 0 Å². The molecule has 1 unspecified atom stereocenters. The van der Waals surface area contributed by atoms with Crippen LogP contribution < -0.4 is 0 Å². The highest BCUT2D eigenvalue weighted by molar-refractivity contribution is 6.31. The van der Waals surface area contributed by atoms with Gasteiger partial charge in [0.15, 0.2) is 0 Å². The van der Waals surface area contributed by atoms with Crippen molar-refractivity contribution >= 4 is 11.6 Å². The number of aliphatic hydroxyl groups is 1.